The number of aromatic nitrogens is 6. The second-order valence-corrected chi connectivity index (χ2v) is 9.25. The molecule has 0 aliphatic carbocycles. The number of carboxylic acid groups (broad SMARTS) is 1. The Morgan fingerprint density at radius 1 is 1.09 bits per heavy atom. The van der Waals surface area contributed by atoms with Crippen molar-refractivity contribution < 1.29 is 37.7 Å². The van der Waals surface area contributed by atoms with Crippen molar-refractivity contribution in [3.05, 3.63) is 60.3 Å². The Balaban J connectivity index is 0.000000541. The molecular formula is C27H28F4N8O4. The van der Waals surface area contributed by atoms with Gasteiger partial charge >= 0.3 is 12.1 Å². The van der Waals surface area contributed by atoms with Gasteiger partial charge in [-0.1, -0.05) is 6.07 Å². The van der Waals surface area contributed by atoms with Gasteiger partial charge in [0.1, 0.15) is 0 Å². The topological polar surface area (TPSA) is 165 Å². The number of aliphatic carboxylic acids is 1. The highest BCUT2D eigenvalue weighted by atomic mass is 19.4. The summed E-state index contributed by atoms with van der Waals surface area (Å²) in [5.74, 6) is -3.00. The molecule has 5 rings (SSSR count). The Bertz CT molecular complexity index is 1710. The van der Waals surface area contributed by atoms with E-state index in [1.165, 1.54) is 0 Å². The Morgan fingerprint density at radius 2 is 1.84 bits per heavy atom. The van der Waals surface area contributed by atoms with Crippen LogP contribution in [0.4, 0.5) is 40.7 Å². The SMILES string of the molecule is Cc1nn(CCCO)c2cc(Nc3ncc(F)c(N(CCCO)c4cccc5[nH]ncc45)n3)ccc12.O=C(O)C(F)(F)F. The van der Waals surface area contributed by atoms with Crippen LogP contribution < -0.4 is 10.2 Å². The summed E-state index contributed by atoms with van der Waals surface area (Å²) in [6.07, 6.45) is -1.23. The quantitative estimate of drug-likeness (QED) is 0.144. The molecule has 0 aliphatic heterocycles. The Morgan fingerprint density at radius 3 is 2.53 bits per heavy atom. The van der Waals surface area contributed by atoms with Crippen LogP contribution in [0.1, 0.15) is 18.5 Å². The summed E-state index contributed by atoms with van der Waals surface area (Å²) in [6, 6.07) is 11.4. The average molecular weight is 605 g/mol. The number of nitrogens with one attached hydrogen (secondary N) is 2. The zero-order valence-electron chi connectivity index (χ0n) is 22.8. The van der Waals surface area contributed by atoms with E-state index in [2.05, 4.69) is 30.6 Å². The summed E-state index contributed by atoms with van der Waals surface area (Å²) in [6.45, 7) is 2.94. The molecule has 5 N–H and O–H groups in total. The fourth-order valence-electron chi connectivity index (χ4n) is 4.30. The Hall–Kier alpha value is -4.83. The van der Waals surface area contributed by atoms with Gasteiger partial charge in [-0.2, -0.15) is 28.4 Å². The molecule has 0 spiro atoms. The predicted molar refractivity (Wildman–Crippen MR) is 150 cm³/mol. The van der Waals surface area contributed by atoms with Gasteiger partial charge in [-0.25, -0.2) is 14.2 Å². The minimum absolute atomic E-state index is 0.0426. The zero-order valence-corrected chi connectivity index (χ0v) is 22.8. The van der Waals surface area contributed by atoms with E-state index in [0.717, 1.165) is 45.1 Å². The van der Waals surface area contributed by atoms with Gasteiger partial charge in [0.2, 0.25) is 5.95 Å². The van der Waals surface area contributed by atoms with Crippen molar-refractivity contribution in [2.24, 2.45) is 0 Å². The highest BCUT2D eigenvalue weighted by molar-refractivity contribution is 5.93. The summed E-state index contributed by atoms with van der Waals surface area (Å²) in [4.78, 5) is 19.3. The summed E-state index contributed by atoms with van der Waals surface area (Å²) in [5.41, 5.74) is 4.09. The van der Waals surface area contributed by atoms with Gasteiger partial charge in [0.25, 0.3) is 0 Å². The molecule has 0 atom stereocenters. The molecule has 43 heavy (non-hydrogen) atoms. The van der Waals surface area contributed by atoms with Crippen molar-refractivity contribution >= 4 is 50.9 Å². The predicted octanol–water partition coefficient (Wildman–Crippen LogP) is 4.43. The first kappa shape index (κ1) is 31.1. The molecule has 0 fully saturated rings. The number of rotatable bonds is 10. The van der Waals surface area contributed by atoms with Crippen LogP contribution in [0.5, 0.6) is 0 Å². The van der Waals surface area contributed by atoms with Crippen molar-refractivity contribution in [2.45, 2.75) is 32.5 Å². The lowest BCUT2D eigenvalue weighted by molar-refractivity contribution is -0.192. The lowest BCUT2D eigenvalue weighted by atomic mass is 10.2. The molecular weight excluding hydrogens is 576 g/mol. The van der Waals surface area contributed by atoms with Crippen molar-refractivity contribution in [3.8, 4) is 0 Å². The number of nitrogens with zero attached hydrogens (tertiary/aromatic N) is 6. The number of aryl methyl sites for hydroxylation is 2. The van der Waals surface area contributed by atoms with Gasteiger partial charge in [-0.05, 0) is 50.1 Å². The Labute approximate surface area is 241 Å². The number of aromatic amines is 1. The zero-order chi connectivity index (χ0) is 31.1. The highest BCUT2D eigenvalue weighted by Gasteiger charge is 2.38. The maximum absolute atomic E-state index is 15.1. The van der Waals surface area contributed by atoms with Crippen LogP contribution in [0.25, 0.3) is 21.8 Å². The average Bonchev–Trinajstić information content (AvgIpc) is 3.58. The number of fused-ring (bicyclic) bond motifs is 2. The number of hydrogen-bond acceptors (Lipinski definition) is 9. The Kier molecular flexibility index (Phi) is 9.72. The number of H-pyrrole nitrogens is 1. The molecule has 3 aromatic heterocycles. The third kappa shape index (κ3) is 7.34. The number of carboxylic acids is 1. The molecule has 0 unspecified atom stereocenters. The lowest BCUT2D eigenvalue weighted by Gasteiger charge is -2.25. The number of aliphatic hydroxyl groups excluding tert-OH is 2. The summed E-state index contributed by atoms with van der Waals surface area (Å²) in [5, 5.41) is 42.4. The molecule has 0 bridgehead atoms. The lowest BCUT2D eigenvalue weighted by Crippen LogP contribution is -2.22. The molecule has 0 saturated carbocycles. The van der Waals surface area contributed by atoms with Crippen molar-refractivity contribution in [1.82, 2.24) is 29.9 Å². The minimum atomic E-state index is -5.08. The highest BCUT2D eigenvalue weighted by Crippen LogP contribution is 2.33. The van der Waals surface area contributed by atoms with Crippen LogP contribution in [-0.4, -0.2) is 77.2 Å². The van der Waals surface area contributed by atoms with E-state index in [-0.39, 0.29) is 25.0 Å². The first-order valence-electron chi connectivity index (χ1n) is 13.0. The van der Waals surface area contributed by atoms with Crippen LogP contribution in [0.15, 0.2) is 48.8 Å². The number of benzene rings is 2. The number of hydrogen-bond donors (Lipinski definition) is 5. The molecule has 3 heterocycles. The van der Waals surface area contributed by atoms with Crippen LogP contribution in [0.2, 0.25) is 0 Å². The first-order chi connectivity index (χ1) is 20.5. The number of anilines is 4. The minimum Gasteiger partial charge on any atom is -0.475 e. The molecule has 2 aromatic carbocycles. The molecule has 0 aliphatic rings. The van der Waals surface area contributed by atoms with Gasteiger partial charge in [0, 0.05) is 42.8 Å². The third-order valence-corrected chi connectivity index (χ3v) is 6.24. The number of halogens is 4. The molecule has 5 aromatic rings. The molecule has 16 heteroatoms. The third-order valence-electron chi connectivity index (χ3n) is 6.24. The van der Waals surface area contributed by atoms with Gasteiger partial charge in [-0.15, -0.1) is 0 Å². The summed E-state index contributed by atoms with van der Waals surface area (Å²) < 4.78 is 48.7. The smallest absolute Gasteiger partial charge is 0.475 e. The summed E-state index contributed by atoms with van der Waals surface area (Å²) in [7, 11) is 0. The largest absolute Gasteiger partial charge is 0.490 e. The van der Waals surface area contributed by atoms with Crippen LogP contribution in [0, 0.1) is 12.7 Å². The maximum atomic E-state index is 15.1. The first-order valence-corrected chi connectivity index (χ1v) is 13.0. The molecule has 0 saturated heterocycles. The fraction of sp³-hybridized carbons (Fsp3) is 0.296. The monoisotopic (exact) mass is 604 g/mol. The van der Waals surface area contributed by atoms with Gasteiger partial charge in [0.05, 0.1) is 34.8 Å². The van der Waals surface area contributed by atoms with Crippen LogP contribution in [-0.2, 0) is 11.3 Å². The van der Waals surface area contributed by atoms with Gasteiger partial charge in [0.15, 0.2) is 11.6 Å². The normalized spacial score (nSPS) is 11.4. The van der Waals surface area contributed by atoms with E-state index in [1.807, 2.05) is 48.0 Å². The standard InChI is InChI=1S/C25H27FN8O2.C2HF3O2/c1-16-18-8-7-17(13-23(18)34(32-16)10-4-12-36)29-25-27-15-20(26)24(30-25)33(9-3-11-35)22-6-2-5-21-19(22)14-28-31-21;3-2(4,5)1(6)7/h2,5-8,13-15,35-36H,3-4,9-12H2,1H3,(H,28,31)(H,27,29,30);(H,6,7). The molecule has 0 amide bonds. The van der Waals surface area contributed by atoms with Gasteiger partial charge < -0.3 is 25.5 Å². The second kappa shape index (κ2) is 13.4. The number of aliphatic hydroxyl groups is 2. The molecule has 228 valence electrons. The fourth-order valence-corrected chi connectivity index (χ4v) is 4.30. The van der Waals surface area contributed by atoms with Crippen LogP contribution >= 0.6 is 0 Å². The van der Waals surface area contributed by atoms with E-state index in [1.54, 1.807) is 11.1 Å². The van der Waals surface area contributed by atoms with E-state index in [9.17, 15) is 23.4 Å². The van der Waals surface area contributed by atoms with E-state index in [0.29, 0.717) is 25.9 Å². The van der Waals surface area contributed by atoms with Gasteiger partial charge in [-0.3, -0.25) is 9.78 Å². The number of alkyl halides is 3. The number of carbonyl (C=O) groups is 1. The van der Waals surface area contributed by atoms with Crippen molar-refractivity contribution in [1.29, 1.82) is 0 Å². The maximum Gasteiger partial charge on any atom is 0.490 e. The van der Waals surface area contributed by atoms with E-state index >= 15 is 4.39 Å². The van der Waals surface area contributed by atoms with Crippen LogP contribution in [0.3, 0.4) is 0 Å². The second-order valence-electron chi connectivity index (χ2n) is 9.25. The van der Waals surface area contributed by atoms with Crippen molar-refractivity contribution in [2.75, 3.05) is 30.0 Å². The van der Waals surface area contributed by atoms with E-state index < -0.39 is 18.0 Å². The van der Waals surface area contributed by atoms with Crippen molar-refractivity contribution in [3.63, 3.8) is 0 Å². The molecule has 0 radical (unpaired) electrons. The summed E-state index contributed by atoms with van der Waals surface area (Å²) >= 11 is 0. The molecule has 12 nitrogen and oxygen atoms in total. The van der Waals surface area contributed by atoms with E-state index in [4.69, 9.17) is 9.90 Å².